The molecule has 0 radical (unpaired) electrons. The van der Waals surface area contributed by atoms with Crippen molar-refractivity contribution in [2.45, 2.75) is 18.6 Å². The fourth-order valence-corrected chi connectivity index (χ4v) is 1.89. The Morgan fingerprint density at radius 1 is 1.43 bits per heavy atom. The molecule has 1 aromatic rings. The highest BCUT2D eigenvalue weighted by Crippen LogP contribution is 2.35. The number of rotatable bonds is 1. The number of nitrogens with two attached hydrogens (primary N) is 2. The molecule has 0 bridgehead atoms. The summed E-state index contributed by atoms with van der Waals surface area (Å²) in [5, 5.41) is 0. The molecule has 2 rings (SSSR count). The number of amides is 1. The van der Waals surface area contributed by atoms with Gasteiger partial charge in [-0.1, -0.05) is 24.3 Å². The Morgan fingerprint density at radius 3 is 2.86 bits per heavy atom. The predicted molar refractivity (Wildman–Crippen MR) is 51.3 cm³/mol. The van der Waals surface area contributed by atoms with Crippen LogP contribution in [0.4, 0.5) is 4.79 Å². The quantitative estimate of drug-likeness (QED) is 0.647. The molecule has 0 fully saturated rings. The lowest BCUT2D eigenvalue weighted by Crippen LogP contribution is -2.41. The minimum absolute atomic E-state index is 0.593. The first kappa shape index (κ1) is 9.02. The van der Waals surface area contributed by atoms with E-state index in [1.165, 1.54) is 0 Å². The average molecular weight is 192 g/mol. The molecule has 1 aliphatic rings. The van der Waals surface area contributed by atoms with Crippen LogP contribution in [0.5, 0.6) is 0 Å². The summed E-state index contributed by atoms with van der Waals surface area (Å²) in [6.07, 6.45) is 0.583. The molecule has 0 heterocycles. The van der Waals surface area contributed by atoms with Gasteiger partial charge < -0.3 is 10.5 Å². The van der Waals surface area contributed by atoms with Gasteiger partial charge in [-0.15, -0.1) is 0 Å². The van der Waals surface area contributed by atoms with Crippen LogP contribution in [0, 0.1) is 0 Å². The normalized spacial score (nSPS) is 24.4. The van der Waals surface area contributed by atoms with Gasteiger partial charge in [-0.25, -0.2) is 4.79 Å². The topological polar surface area (TPSA) is 78.3 Å². The molecule has 1 amide bonds. The summed E-state index contributed by atoms with van der Waals surface area (Å²) < 4.78 is 4.94. The van der Waals surface area contributed by atoms with E-state index in [0.717, 1.165) is 17.5 Å². The van der Waals surface area contributed by atoms with Gasteiger partial charge >= 0.3 is 6.09 Å². The standard InChI is InChI=1S/C10H12N2O2/c11-9(13)14-10(12)6-5-7-3-1-2-4-8(7)10/h1-4H,5-6,12H2,(H2,11,13). The number of ether oxygens (including phenoxy) is 1. The minimum Gasteiger partial charge on any atom is -0.424 e. The van der Waals surface area contributed by atoms with E-state index in [2.05, 4.69) is 0 Å². The van der Waals surface area contributed by atoms with Crippen LogP contribution >= 0.6 is 0 Å². The molecular formula is C10H12N2O2. The maximum Gasteiger partial charge on any atom is 0.406 e. The van der Waals surface area contributed by atoms with Crippen LogP contribution in [0.25, 0.3) is 0 Å². The van der Waals surface area contributed by atoms with Gasteiger partial charge in [-0.05, 0) is 12.0 Å². The molecule has 0 spiro atoms. The molecule has 1 aromatic carbocycles. The second-order valence-corrected chi connectivity index (χ2v) is 3.47. The van der Waals surface area contributed by atoms with Gasteiger partial charge in [0.05, 0.1) is 0 Å². The number of fused-ring (bicyclic) bond motifs is 1. The Hall–Kier alpha value is -1.55. The van der Waals surface area contributed by atoms with Gasteiger partial charge in [0.1, 0.15) is 0 Å². The molecule has 4 heteroatoms. The van der Waals surface area contributed by atoms with Gasteiger partial charge in [0.25, 0.3) is 0 Å². The van der Waals surface area contributed by atoms with Crippen molar-refractivity contribution in [2.24, 2.45) is 11.5 Å². The van der Waals surface area contributed by atoms with E-state index in [1.807, 2.05) is 24.3 Å². The highest BCUT2D eigenvalue weighted by Gasteiger charge is 2.37. The zero-order valence-electron chi connectivity index (χ0n) is 7.69. The molecule has 74 valence electrons. The fourth-order valence-electron chi connectivity index (χ4n) is 1.89. The summed E-state index contributed by atoms with van der Waals surface area (Å²) in [5.41, 5.74) is 11.9. The smallest absolute Gasteiger partial charge is 0.406 e. The van der Waals surface area contributed by atoms with E-state index < -0.39 is 11.8 Å². The summed E-state index contributed by atoms with van der Waals surface area (Å²) in [6, 6.07) is 7.66. The molecule has 1 unspecified atom stereocenters. The lowest BCUT2D eigenvalue weighted by Gasteiger charge is -2.24. The van der Waals surface area contributed by atoms with E-state index in [1.54, 1.807) is 0 Å². The Labute approximate surface area is 81.8 Å². The summed E-state index contributed by atoms with van der Waals surface area (Å²) >= 11 is 0. The Balaban J connectivity index is 2.37. The minimum atomic E-state index is -1.03. The van der Waals surface area contributed by atoms with E-state index >= 15 is 0 Å². The first-order valence-electron chi connectivity index (χ1n) is 4.47. The van der Waals surface area contributed by atoms with Crippen molar-refractivity contribution >= 4 is 6.09 Å². The lowest BCUT2D eigenvalue weighted by atomic mass is 10.1. The molecule has 0 aliphatic heterocycles. The molecule has 1 aliphatic carbocycles. The van der Waals surface area contributed by atoms with E-state index in [9.17, 15) is 4.79 Å². The van der Waals surface area contributed by atoms with Gasteiger partial charge in [-0.3, -0.25) is 5.73 Å². The number of hydrogen-bond donors (Lipinski definition) is 2. The number of primary amides is 1. The highest BCUT2D eigenvalue weighted by atomic mass is 16.6. The van der Waals surface area contributed by atoms with Crippen LogP contribution in [0.2, 0.25) is 0 Å². The first-order chi connectivity index (χ1) is 6.62. The maximum atomic E-state index is 10.7. The van der Waals surface area contributed by atoms with Crippen molar-refractivity contribution in [1.82, 2.24) is 0 Å². The van der Waals surface area contributed by atoms with Crippen LogP contribution in [-0.2, 0) is 16.9 Å². The van der Waals surface area contributed by atoms with Crippen molar-refractivity contribution in [1.29, 1.82) is 0 Å². The van der Waals surface area contributed by atoms with Crippen molar-refractivity contribution in [3.63, 3.8) is 0 Å². The largest absolute Gasteiger partial charge is 0.424 e. The summed E-state index contributed by atoms with van der Waals surface area (Å²) in [6.45, 7) is 0. The van der Waals surface area contributed by atoms with Crippen LogP contribution in [0.1, 0.15) is 17.5 Å². The van der Waals surface area contributed by atoms with Crippen LogP contribution in [0.15, 0.2) is 24.3 Å². The fraction of sp³-hybridized carbons (Fsp3) is 0.300. The Bertz CT molecular complexity index is 378. The van der Waals surface area contributed by atoms with Crippen molar-refractivity contribution in [3.8, 4) is 0 Å². The third-order valence-corrected chi connectivity index (χ3v) is 2.52. The summed E-state index contributed by atoms with van der Waals surface area (Å²) in [5.74, 6) is 0. The molecular weight excluding hydrogens is 180 g/mol. The monoisotopic (exact) mass is 192 g/mol. The first-order valence-corrected chi connectivity index (χ1v) is 4.47. The molecule has 0 saturated heterocycles. The van der Waals surface area contributed by atoms with Gasteiger partial charge in [0.15, 0.2) is 5.72 Å². The molecule has 0 aromatic heterocycles. The summed E-state index contributed by atoms with van der Waals surface area (Å²) in [7, 11) is 0. The van der Waals surface area contributed by atoms with Gasteiger partial charge in [0.2, 0.25) is 0 Å². The second kappa shape index (κ2) is 2.99. The number of hydrogen-bond acceptors (Lipinski definition) is 3. The van der Waals surface area contributed by atoms with Gasteiger partial charge in [-0.2, -0.15) is 0 Å². The number of benzene rings is 1. The van der Waals surface area contributed by atoms with E-state index in [-0.39, 0.29) is 0 Å². The van der Waals surface area contributed by atoms with Crippen molar-refractivity contribution < 1.29 is 9.53 Å². The van der Waals surface area contributed by atoms with Crippen molar-refractivity contribution in [2.75, 3.05) is 0 Å². The molecule has 4 N–H and O–H groups in total. The lowest BCUT2D eigenvalue weighted by molar-refractivity contribution is 0.0194. The Kier molecular flexibility index (Phi) is 1.93. The maximum absolute atomic E-state index is 10.7. The SMILES string of the molecule is NC(=O)OC1(N)CCc2ccccc21. The zero-order chi connectivity index (χ0) is 10.2. The third kappa shape index (κ3) is 1.33. The van der Waals surface area contributed by atoms with Crippen LogP contribution in [0.3, 0.4) is 0 Å². The number of carbonyl (C=O) groups is 1. The third-order valence-electron chi connectivity index (χ3n) is 2.52. The number of carbonyl (C=O) groups excluding carboxylic acids is 1. The van der Waals surface area contributed by atoms with Crippen LogP contribution in [-0.4, -0.2) is 6.09 Å². The molecule has 1 atom stereocenters. The molecule has 0 saturated carbocycles. The highest BCUT2D eigenvalue weighted by molar-refractivity contribution is 5.65. The van der Waals surface area contributed by atoms with E-state index in [0.29, 0.717) is 6.42 Å². The second-order valence-electron chi connectivity index (χ2n) is 3.47. The number of aryl methyl sites for hydroxylation is 1. The average Bonchev–Trinajstić information content (AvgIpc) is 2.44. The van der Waals surface area contributed by atoms with Crippen molar-refractivity contribution in [3.05, 3.63) is 35.4 Å². The zero-order valence-corrected chi connectivity index (χ0v) is 7.69. The van der Waals surface area contributed by atoms with Gasteiger partial charge in [0, 0.05) is 12.0 Å². The predicted octanol–water partition coefficient (Wildman–Crippen LogP) is 0.840. The van der Waals surface area contributed by atoms with E-state index in [4.69, 9.17) is 16.2 Å². The Morgan fingerprint density at radius 2 is 2.14 bits per heavy atom. The molecule has 14 heavy (non-hydrogen) atoms. The summed E-state index contributed by atoms with van der Waals surface area (Å²) in [4.78, 5) is 10.7. The molecule has 4 nitrogen and oxygen atoms in total. The van der Waals surface area contributed by atoms with Crippen LogP contribution < -0.4 is 11.5 Å².